The van der Waals surface area contributed by atoms with Crippen LogP contribution < -0.4 is 9.64 Å². The topological polar surface area (TPSA) is 38.3 Å². The molecule has 0 fully saturated rings. The van der Waals surface area contributed by atoms with Crippen molar-refractivity contribution in [1.82, 2.24) is 9.97 Å². The summed E-state index contributed by atoms with van der Waals surface area (Å²) in [6.45, 7) is 13.3. The molecule has 3 heterocycles. The number of rotatable bonds is 1. The summed E-state index contributed by atoms with van der Waals surface area (Å²) in [5, 5.41) is 2.17. The molecule has 0 bridgehead atoms. The van der Waals surface area contributed by atoms with Gasteiger partial charge in [0.15, 0.2) is 11.5 Å². The maximum absolute atomic E-state index is 6.51. The van der Waals surface area contributed by atoms with Gasteiger partial charge in [0, 0.05) is 23.2 Å². The van der Waals surface area contributed by atoms with Gasteiger partial charge in [-0.25, -0.2) is 0 Å². The van der Waals surface area contributed by atoms with E-state index in [0.717, 1.165) is 55.9 Å². The Morgan fingerprint density at radius 3 is 2.00 bits per heavy atom. The fraction of sp³-hybridized carbons (Fsp3) is 0.226. The monoisotopic (exact) mass is 459 g/mol. The number of fused-ring (bicyclic) bond motifs is 6. The Balaban J connectivity index is 1.75. The zero-order valence-electron chi connectivity index (χ0n) is 21.1. The van der Waals surface area contributed by atoms with E-state index in [-0.39, 0.29) is 5.41 Å². The molecule has 3 aromatic carbocycles. The van der Waals surface area contributed by atoms with Crippen LogP contribution in [0.2, 0.25) is 0 Å². The molecule has 0 radical (unpaired) electrons. The van der Waals surface area contributed by atoms with Crippen molar-refractivity contribution in [2.75, 3.05) is 4.90 Å². The Labute approximate surface area is 206 Å². The predicted octanol–water partition coefficient (Wildman–Crippen LogP) is 8.58. The summed E-state index contributed by atoms with van der Waals surface area (Å²) in [6.07, 6.45) is 3.78. The number of anilines is 3. The third-order valence-electron chi connectivity index (χ3n) is 6.88. The van der Waals surface area contributed by atoms with Gasteiger partial charge in [0.25, 0.3) is 0 Å². The molecule has 0 saturated carbocycles. The smallest absolute Gasteiger partial charge is 0.153 e. The van der Waals surface area contributed by atoms with Crippen LogP contribution in [0.4, 0.5) is 17.1 Å². The lowest BCUT2D eigenvalue weighted by molar-refractivity contribution is 0.478. The standard InChI is InChI=1S/C31H29N3O/c1-18-14-22-10-12-25-30(27(22)33-17-18)34(28-19(2)15-23(16-20(28)3)31(4,5)6)29-24(35-25)11-9-21-8-7-13-32-26(21)29/h7-17H,1-6H3. The second kappa shape index (κ2) is 7.54. The van der Waals surface area contributed by atoms with Crippen LogP contribution in [0.25, 0.3) is 21.8 Å². The first-order valence-corrected chi connectivity index (χ1v) is 12.1. The van der Waals surface area contributed by atoms with Crippen LogP contribution in [0.1, 0.15) is 43.0 Å². The molecule has 0 spiro atoms. The van der Waals surface area contributed by atoms with E-state index in [4.69, 9.17) is 14.7 Å². The summed E-state index contributed by atoms with van der Waals surface area (Å²) in [5.41, 5.74) is 9.86. The molecule has 1 aliphatic heterocycles. The molecule has 1 aliphatic rings. The van der Waals surface area contributed by atoms with Crippen LogP contribution in [0.15, 0.2) is 67.0 Å². The van der Waals surface area contributed by atoms with E-state index in [2.05, 4.69) is 95.0 Å². The summed E-state index contributed by atoms with van der Waals surface area (Å²) < 4.78 is 6.51. The molecule has 6 rings (SSSR count). The Morgan fingerprint density at radius 1 is 0.714 bits per heavy atom. The van der Waals surface area contributed by atoms with Crippen LogP contribution in [-0.4, -0.2) is 9.97 Å². The first kappa shape index (κ1) is 21.6. The number of aryl methyl sites for hydroxylation is 3. The number of nitrogens with zero attached hydrogens (tertiary/aromatic N) is 3. The minimum absolute atomic E-state index is 0.0644. The summed E-state index contributed by atoms with van der Waals surface area (Å²) in [4.78, 5) is 12.0. The van der Waals surface area contributed by atoms with Crippen LogP contribution >= 0.6 is 0 Å². The average Bonchev–Trinajstić information content (AvgIpc) is 2.82. The minimum Gasteiger partial charge on any atom is -0.453 e. The van der Waals surface area contributed by atoms with Crippen molar-refractivity contribution >= 4 is 38.9 Å². The quantitative estimate of drug-likeness (QED) is 0.247. The van der Waals surface area contributed by atoms with Crippen LogP contribution in [0, 0.1) is 20.8 Å². The molecule has 0 atom stereocenters. The van der Waals surface area contributed by atoms with E-state index in [1.165, 1.54) is 16.7 Å². The highest BCUT2D eigenvalue weighted by molar-refractivity contribution is 6.08. The first-order valence-electron chi connectivity index (χ1n) is 12.1. The van der Waals surface area contributed by atoms with Crippen molar-refractivity contribution in [3.63, 3.8) is 0 Å². The highest BCUT2D eigenvalue weighted by atomic mass is 16.5. The van der Waals surface area contributed by atoms with E-state index in [1.807, 2.05) is 18.5 Å². The van der Waals surface area contributed by atoms with Gasteiger partial charge in [0.2, 0.25) is 0 Å². The summed E-state index contributed by atoms with van der Waals surface area (Å²) in [7, 11) is 0. The molecule has 5 aromatic rings. The van der Waals surface area contributed by atoms with Crippen LogP contribution in [0.5, 0.6) is 11.5 Å². The van der Waals surface area contributed by atoms with Gasteiger partial charge in [0.05, 0.1) is 16.7 Å². The molecule has 0 unspecified atom stereocenters. The van der Waals surface area contributed by atoms with Gasteiger partial charge in [-0.05, 0) is 84.8 Å². The number of hydrogen-bond acceptors (Lipinski definition) is 4. The van der Waals surface area contributed by atoms with Crippen molar-refractivity contribution in [2.45, 2.75) is 47.0 Å². The van der Waals surface area contributed by atoms with Gasteiger partial charge < -0.3 is 4.74 Å². The Hall–Kier alpha value is -3.92. The molecule has 35 heavy (non-hydrogen) atoms. The van der Waals surface area contributed by atoms with Crippen LogP contribution in [0.3, 0.4) is 0 Å². The maximum atomic E-state index is 6.51. The Morgan fingerprint density at radius 2 is 1.34 bits per heavy atom. The molecule has 4 heteroatoms. The molecule has 2 aromatic heterocycles. The van der Waals surface area contributed by atoms with E-state index in [9.17, 15) is 0 Å². The summed E-state index contributed by atoms with van der Waals surface area (Å²) >= 11 is 0. The zero-order valence-corrected chi connectivity index (χ0v) is 21.1. The number of ether oxygens (including phenoxy) is 1. The van der Waals surface area contributed by atoms with E-state index >= 15 is 0 Å². The molecular formula is C31H29N3O. The van der Waals surface area contributed by atoms with E-state index < -0.39 is 0 Å². The number of aromatic nitrogens is 2. The molecule has 0 saturated heterocycles. The van der Waals surface area contributed by atoms with Crippen molar-refractivity contribution in [2.24, 2.45) is 0 Å². The Kier molecular flexibility index (Phi) is 4.65. The number of hydrogen-bond donors (Lipinski definition) is 0. The molecule has 4 nitrogen and oxygen atoms in total. The Bertz CT molecular complexity index is 1620. The maximum Gasteiger partial charge on any atom is 0.153 e. The van der Waals surface area contributed by atoms with Gasteiger partial charge in [-0.3, -0.25) is 14.9 Å². The third kappa shape index (κ3) is 3.35. The lowest BCUT2D eigenvalue weighted by Gasteiger charge is -2.36. The van der Waals surface area contributed by atoms with Crippen LogP contribution in [-0.2, 0) is 5.41 Å². The van der Waals surface area contributed by atoms with Crippen molar-refractivity contribution in [3.05, 3.63) is 89.2 Å². The second-order valence-electron chi connectivity index (χ2n) is 10.6. The second-order valence-corrected chi connectivity index (χ2v) is 10.6. The van der Waals surface area contributed by atoms with Crippen molar-refractivity contribution in [3.8, 4) is 11.5 Å². The van der Waals surface area contributed by atoms with Gasteiger partial charge in [-0.1, -0.05) is 39.0 Å². The van der Waals surface area contributed by atoms with Crippen molar-refractivity contribution < 1.29 is 4.74 Å². The minimum atomic E-state index is 0.0644. The lowest BCUT2D eigenvalue weighted by atomic mass is 9.84. The summed E-state index contributed by atoms with van der Waals surface area (Å²) in [5.74, 6) is 1.60. The fourth-order valence-corrected chi connectivity index (χ4v) is 5.18. The number of benzene rings is 3. The lowest BCUT2D eigenvalue weighted by Crippen LogP contribution is -2.20. The molecule has 0 amide bonds. The largest absolute Gasteiger partial charge is 0.453 e. The van der Waals surface area contributed by atoms with E-state index in [1.54, 1.807) is 0 Å². The summed E-state index contributed by atoms with van der Waals surface area (Å²) in [6, 6.07) is 19.2. The van der Waals surface area contributed by atoms with Crippen molar-refractivity contribution in [1.29, 1.82) is 0 Å². The highest BCUT2D eigenvalue weighted by Gasteiger charge is 2.33. The zero-order chi connectivity index (χ0) is 24.5. The van der Waals surface area contributed by atoms with E-state index in [0.29, 0.717) is 0 Å². The van der Waals surface area contributed by atoms with Gasteiger partial charge >= 0.3 is 0 Å². The molecular weight excluding hydrogens is 430 g/mol. The third-order valence-corrected chi connectivity index (χ3v) is 6.88. The number of pyridine rings is 2. The van der Waals surface area contributed by atoms with Gasteiger partial charge in [-0.15, -0.1) is 0 Å². The predicted molar refractivity (Wildman–Crippen MR) is 145 cm³/mol. The SMILES string of the molecule is Cc1cnc2c3c(ccc2c1)Oc1ccc2cccnc2c1N3c1c(C)cc(C(C)(C)C)cc1C. The normalized spacial score (nSPS) is 13.0. The molecule has 0 N–H and O–H groups in total. The highest BCUT2D eigenvalue weighted by Crippen LogP contribution is 2.56. The molecule has 0 aliphatic carbocycles. The average molecular weight is 460 g/mol. The first-order chi connectivity index (χ1) is 16.7. The van der Waals surface area contributed by atoms with Gasteiger partial charge in [0.1, 0.15) is 11.4 Å². The molecule has 174 valence electrons. The van der Waals surface area contributed by atoms with Gasteiger partial charge in [-0.2, -0.15) is 0 Å². The fourth-order valence-electron chi connectivity index (χ4n) is 5.18.